The molecule has 1 unspecified atom stereocenters. The molecule has 0 radical (unpaired) electrons. The van der Waals surface area contributed by atoms with Gasteiger partial charge in [-0.3, -0.25) is 4.79 Å². The molecule has 19 heavy (non-hydrogen) atoms. The van der Waals surface area contributed by atoms with E-state index >= 15 is 0 Å². The van der Waals surface area contributed by atoms with Crippen molar-refractivity contribution >= 4 is 5.91 Å². The van der Waals surface area contributed by atoms with Crippen LogP contribution < -0.4 is 5.32 Å². The van der Waals surface area contributed by atoms with Crippen LogP contribution in [-0.4, -0.2) is 53.0 Å². The largest absolute Gasteiger partial charge is 0.366 e. The van der Waals surface area contributed by atoms with Gasteiger partial charge in [0.05, 0.1) is 17.7 Å². The first-order valence-corrected chi connectivity index (χ1v) is 7.28. The highest BCUT2D eigenvalue weighted by Gasteiger charge is 2.39. The second kappa shape index (κ2) is 5.77. The van der Waals surface area contributed by atoms with Crippen LogP contribution in [0.1, 0.15) is 46.5 Å². The third kappa shape index (κ3) is 3.68. The van der Waals surface area contributed by atoms with Crippen molar-refractivity contribution in [3.05, 3.63) is 0 Å². The van der Waals surface area contributed by atoms with Gasteiger partial charge in [-0.05, 0) is 53.0 Å². The van der Waals surface area contributed by atoms with Crippen LogP contribution >= 0.6 is 0 Å². The molecule has 2 fully saturated rings. The van der Waals surface area contributed by atoms with Gasteiger partial charge in [0.1, 0.15) is 0 Å². The fourth-order valence-corrected chi connectivity index (χ4v) is 2.90. The lowest BCUT2D eigenvalue weighted by Gasteiger charge is -2.33. The summed E-state index contributed by atoms with van der Waals surface area (Å²) in [6.07, 6.45) is 2.81. The number of hydrogen-bond acceptors (Lipinski definition) is 4. The van der Waals surface area contributed by atoms with E-state index in [1.165, 1.54) is 0 Å². The molecule has 0 saturated carbocycles. The molecule has 0 spiro atoms. The molecule has 0 aromatic rings. The quantitative estimate of drug-likeness (QED) is 0.747. The van der Waals surface area contributed by atoms with Crippen molar-refractivity contribution in [1.29, 1.82) is 0 Å². The van der Waals surface area contributed by atoms with E-state index in [0.717, 1.165) is 38.8 Å². The minimum Gasteiger partial charge on any atom is -0.366 e. The van der Waals surface area contributed by atoms with Gasteiger partial charge in [-0.25, -0.2) is 0 Å². The van der Waals surface area contributed by atoms with Gasteiger partial charge in [0.25, 0.3) is 0 Å². The molecule has 110 valence electrons. The second-order valence-electron chi connectivity index (χ2n) is 6.51. The molecule has 0 aliphatic carbocycles. The van der Waals surface area contributed by atoms with Crippen molar-refractivity contribution in [2.24, 2.45) is 0 Å². The van der Waals surface area contributed by atoms with Gasteiger partial charge in [0.2, 0.25) is 5.91 Å². The molecule has 0 bridgehead atoms. The summed E-state index contributed by atoms with van der Waals surface area (Å²) < 4.78 is 5.61. The number of amides is 1. The summed E-state index contributed by atoms with van der Waals surface area (Å²) in [5.74, 6) is 0.122. The maximum absolute atomic E-state index is 12.4. The topological polar surface area (TPSA) is 61.8 Å². The predicted octanol–water partition coefficient (Wildman–Crippen LogP) is 0.863. The Kier molecular flexibility index (Phi) is 4.48. The number of aliphatic hydroxyl groups excluding tert-OH is 1. The third-order valence-electron chi connectivity index (χ3n) is 3.74. The molecule has 0 aromatic heterocycles. The van der Waals surface area contributed by atoms with Crippen LogP contribution in [0, 0.1) is 0 Å². The lowest BCUT2D eigenvalue weighted by molar-refractivity contribution is -0.195. The van der Waals surface area contributed by atoms with Crippen molar-refractivity contribution in [3.8, 4) is 0 Å². The Morgan fingerprint density at radius 2 is 2.11 bits per heavy atom. The van der Waals surface area contributed by atoms with Crippen molar-refractivity contribution in [1.82, 2.24) is 10.2 Å². The van der Waals surface area contributed by atoms with Crippen molar-refractivity contribution in [2.75, 3.05) is 13.1 Å². The summed E-state index contributed by atoms with van der Waals surface area (Å²) in [6.45, 7) is 7.38. The third-order valence-corrected chi connectivity index (χ3v) is 3.74. The molecule has 2 rings (SSSR count). The maximum atomic E-state index is 12.4. The SMILES string of the molecule is CC(C)(C)OC(O)[C@@H]1CCCN1C(=O)[C@@H]1CCCN1. The molecule has 2 N–H and O–H groups in total. The average molecular weight is 270 g/mol. The molecule has 5 heteroatoms. The lowest BCUT2D eigenvalue weighted by atomic mass is 10.1. The molecule has 2 saturated heterocycles. The van der Waals surface area contributed by atoms with Crippen molar-refractivity contribution in [3.63, 3.8) is 0 Å². The summed E-state index contributed by atoms with van der Waals surface area (Å²) in [4.78, 5) is 14.2. The number of rotatable bonds is 3. The van der Waals surface area contributed by atoms with Crippen LogP contribution in [0.4, 0.5) is 0 Å². The van der Waals surface area contributed by atoms with Gasteiger partial charge in [0.15, 0.2) is 6.29 Å². The van der Waals surface area contributed by atoms with Gasteiger partial charge >= 0.3 is 0 Å². The Hall–Kier alpha value is -0.650. The monoisotopic (exact) mass is 270 g/mol. The van der Waals surface area contributed by atoms with Crippen LogP contribution in [0.5, 0.6) is 0 Å². The molecule has 0 aromatic carbocycles. The van der Waals surface area contributed by atoms with E-state index in [4.69, 9.17) is 4.74 Å². The highest BCUT2D eigenvalue weighted by atomic mass is 16.6. The fourth-order valence-electron chi connectivity index (χ4n) is 2.90. The second-order valence-corrected chi connectivity index (χ2v) is 6.51. The van der Waals surface area contributed by atoms with Crippen LogP contribution in [0.15, 0.2) is 0 Å². The van der Waals surface area contributed by atoms with E-state index in [2.05, 4.69) is 5.32 Å². The first-order chi connectivity index (χ1) is 8.88. The standard InChI is InChI=1S/C14H26N2O3/c1-14(2,3)19-13(18)11-7-5-9-16(11)12(17)10-6-4-8-15-10/h10-11,13,15,18H,4-9H2,1-3H3/t10-,11-,13?/m0/s1. The van der Waals surface area contributed by atoms with Gasteiger partial charge in [-0.1, -0.05) is 0 Å². The van der Waals surface area contributed by atoms with E-state index in [1.807, 2.05) is 20.8 Å². The van der Waals surface area contributed by atoms with Crippen LogP contribution in [0.25, 0.3) is 0 Å². The highest BCUT2D eigenvalue weighted by Crippen LogP contribution is 2.25. The van der Waals surface area contributed by atoms with Gasteiger partial charge in [-0.2, -0.15) is 0 Å². The fraction of sp³-hybridized carbons (Fsp3) is 0.929. The molecular weight excluding hydrogens is 244 g/mol. The average Bonchev–Trinajstić information content (AvgIpc) is 2.97. The molecule has 2 heterocycles. The Balaban J connectivity index is 1.97. The van der Waals surface area contributed by atoms with E-state index in [0.29, 0.717) is 0 Å². The van der Waals surface area contributed by atoms with Gasteiger partial charge in [0, 0.05) is 6.54 Å². The first kappa shape index (κ1) is 14.8. The van der Waals surface area contributed by atoms with Crippen LogP contribution in [-0.2, 0) is 9.53 Å². The highest BCUT2D eigenvalue weighted by molar-refractivity contribution is 5.82. The zero-order valence-electron chi connectivity index (χ0n) is 12.2. The van der Waals surface area contributed by atoms with Gasteiger partial charge in [-0.15, -0.1) is 0 Å². The number of aliphatic hydroxyl groups is 1. The van der Waals surface area contributed by atoms with E-state index in [-0.39, 0.29) is 18.0 Å². The number of carbonyl (C=O) groups is 1. The van der Waals surface area contributed by atoms with E-state index in [9.17, 15) is 9.90 Å². The van der Waals surface area contributed by atoms with Crippen molar-refractivity contribution in [2.45, 2.75) is 70.4 Å². The normalized spacial score (nSPS) is 29.8. The molecule has 2 aliphatic rings. The number of ether oxygens (including phenoxy) is 1. The Bertz CT molecular complexity index is 321. The van der Waals surface area contributed by atoms with Crippen LogP contribution in [0.3, 0.4) is 0 Å². The van der Waals surface area contributed by atoms with Crippen molar-refractivity contribution < 1.29 is 14.6 Å². The summed E-state index contributed by atoms with van der Waals surface area (Å²) in [5.41, 5.74) is -0.400. The number of hydrogen-bond donors (Lipinski definition) is 2. The number of nitrogens with one attached hydrogen (secondary N) is 1. The minimum atomic E-state index is -0.896. The summed E-state index contributed by atoms with van der Waals surface area (Å²) >= 11 is 0. The van der Waals surface area contributed by atoms with E-state index in [1.54, 1.807) is 4.90 Å². The maximum Gasteiger partial charge on any atom is 0.240 e. The first-order valence-electron chi connectivity index (χ1n) is 7.28. The Morgan fingerprint density at radius 3 is 2.68 bits per heavy atom. The smallest absolute Gasteiger partial charge is 0.240 e. The summed E-state index contributed by atoms with van der Waals surface area (Å²) in [6, 6.07) is -0.267. The predicted molar refractivity (Wildman–Crippen MR) is 72.6 cm³/mol. The Morgan fingerprint density at radius 1 is 1.37 bits per heavy atom. The zero-order valence-corrected chi connectivity index (χ0v) is 12.2. The number of carbonyl (C=O) groups excluding carboxylic acids is 1. The molecule has 1 amide bonds. The minimum absolute atomic E-state index is 0.0672. The summed E-state index contributed by atoms with van der Waals surface area (Å²) in [7, 11) is 0. The molecular formula is C14H26N2O3. The summed E-state index contributed by atoms with van der Waals surface area (Å²) in [5, 5.41) is 13.4. The van der Waals surface area contributed by atoms with Gasteiger partial charge < -0.3 is 20.1 Å². The molecule has 5 nitrogen and oxygen atoms in total. The van der Waals surface area contributed by atoms with Crippen LogP contribution in [0.2, 0.25) is 0 Å². The van der Waals surface area contributed by atoms with E-state index < -0.39 is 11.9 Å². The lowest BCUT2D eigenvalue weighted by Crippen LogP contribution is -2.51. The molecule has 2 aliphatic heterocycles. The molecule has 3 atom stereocenters. The number of likely N-dealkylation sites (tertiary alicyclic amines) is 1. The Labute approximate surface area is 115 Å². The zero-order chi connectivity index (χ0) is 14.0. The number of nitrogens with zero attached hydrogens (tertiary/aromatic N) is 1.